The van der Waals surface area contributed by atoms with Crippen molar-refractivity contribution in [2.45, 2.75) is 20.3 Å². The van der Waals surface area contributed by atoms with E-state index in [0.717, 1.165) is 13.0 Å². The third-order valence-corrected chi connectivity index (χ3v) is 3.48. The van der Waals surface area contributed by atoms with Crippen LogP contribution in [0.15, 0.2) is 30.6 Å². The highest BCUT2D eigenvalue weighted by molar-refractivity contribution is 5.97. The van der Waals surface area contributed by atoms with Gasteiger partial charge in [0.15, 0.2) is 11.6 Å². The molecule has 2 rings (SSSR count). The minimum absolute atomic E-state index is 0.404. The molecule has 0 atom stereocenters. The molecular formula is C17H23N5O2. The van der Waals surface area contributed by atoms with Crippen molar-refractivity contribution in [3.8, 4) is 0 Å². The fourth-order valence-corrected chi connectivity index (χ4v) is 2.12. The highest BCUT2D eigenvalue weighted by Gasteiger charge is 2.14. The molecule has 0 bridgehead atoms. The normalized spacial score (nSPS) is 10.5. The second kappa shape index (κ2) is 8.14. The van der Waals surface area contributed by atoms with Gasteiger partial charge in [-0.25, -0.2) is 14.8 Å². The van der Waals surface area contributed by atoms with Crippen LogP contribution < -0.4 is 16.4 Å². The number of carbonyl (C=O) groups excluding carboxylic acids is 1. The summed E-state index contributed by atoms with van der Waals surface area (Å²) in [4.78, 5) is 20.2. The van der Waals surface area contributed by atoms with Crippen LogP contribution in [0.4, 0.5) is 23.0 Å². The van der Waals surface area contributed by atoms with Crippen LogP contribution in [0.1, 0.15) is 30.6 Å². The van der Waals surface area contributed by atoms with Crippen molar-refractivity contribution >= 4 is 29.0 Å². The predicted molar refractivity (Wildman–Crippen MR) is 95.5 cm³/mol. The maximum Gasteiger partial charge on any atom is 0.339 e. The molecule has 0 amide bonds. The van der Waals surface area contributed by atoms with E-state index < -0.39 is 5.97 Å². The van der Waals surface area contributed by atoms with Gasteiger partial charge in [0.05, 0.1) is 18.4 Å². The van der Waals surface area contributed by atoms with Gasteiger partial charge in [-0.3, -0.25) is 0 Å². The lowest BCUT2D eigenvalue weighted by molar-refractivity contribution is 0.0602. The zero-order chi connectivity index (χ0) is 17.5. The van der Waals surface area contributed by atoms with E-state index in [0.29, 0.717) is 34.5 Å². The number of nitrogen functional groups attached to an aromatic ring is 1. The fraction of sp³-hybridized carbons (Fsp3) is 0.353. The zero-order valence-electron chi connectivity index (χ0n) is 14.2. The summed E-state index contributed by atoms with van der Waals surface area (Å²) in [6, 6.07) is 7.01. The van der Waals surface area contributed by atoms with E-state index in [4.69, 9.17) is 10.5 Å². The Bertz CT molecular complexity index is 703. The molecule has 0 aliphatic carbocycles. The molecule has 1 heterocycles. The summed E-state index contributed by atoms with van der Waals surface area (Å²) in [5, 5.41) is 6.29. The number of aromatic nitrogens is 2. The summed E-state index contributed by atoms with van der Waals surface area (Å²) in [7, 11) is 1.34. The average molecular weight is 329 g/mol. The van der Waals surface area contributed by atoms with E-state index in [-0.39, 0.29) is 0 Å². The van der Waals surface area contributed by atoms with Crippen LogP contribution in [0.2, 0.25) is 0 Å². The van der Waals surface area contributed by atoms with E-state index in [1.54, 1.807) is 18.2 Å². The van der Waals surface area contributed by atoms with Crippen LogP contribution in [0.3, 0.4) is 0 Å². The second-order valence-corrected chi connectivity index (χ2v) is 5.76. The molecule has 0 aliphatic heterocycles. The smallest absolute Gasteiger partial charge is 0.339 e. The second-order valence-electron chi connectivity index (χ2n) is 5.76. The number of esters is 1. The molecule has 0 aliphatic rings. The van der Waals surface area contributed by atoms with Crippen molar-refractivity contribution in [1.82, 2.24) is 9.97 Å². The van der Waals surface area contributed by atoms with Gasteiger partial charge in [-0.1, -0.05) is 26.0 Å². The first-order valence-corrected chi connectivity index (χ1v) is 7.81. The number of rotatable bonds is 7. The number of ether oxygens (including phenoxy) is 1. The number of para-hydroxylation sites is 1. The molecule has 24 heavy (non-hydrogen) atoms. The summed E-state index contributed by atoms with van der Waals surface area (Å²) in [6.07, 6.45) is 2.44. The minimum atomic E-state index is -0.430. The van der Waals surface area contributed by atoms with E-state index in [2.05, 4.69) is 34.4 Å². The Hall–Kier alpha value is -2.83. The maximum absolute atomic E-state index is 11.8. The number of carbonyl (C=O) groups is 1. The first-order valence-electron chi connectivity index (χ1n) is 7.81. The van der Waals surface area contributed by atoms with Gasteiger partial charge in [0.2, 0.25) is 0 Å². The van der Waals surface area contributed by atoms with Crippen LogP contribution >= 0.6 is 0 Å². The highest BCUT2D eigenvalue weighted by atomic mass is 16.5. The molecule has 128 valence electrons. The van der Waals surface area contributed by atoms with E-state index in [1.807, 2.05) is 6.07 Å². The number of methoxy groups -OCH3 is 1. The summed E-state index contributed by atoms with van der Waals surface area (Å²) >= 11 is 0. The number of nitrogens with zero attached hydrogens (tertiary/aromatic N) is 2. The molecule has 2 aromatic rings. The Kier molecular flexibility index (Phi) is 5.95. The molecule has 0 unspecified atom stereocenters. The summed E-state index contributed by atoms with van der Waals surface area (Å²) < 4.78 is 4.79. The van der Waals surface area contributed by atoms with Crippen molar-refractivity contribution in [3.63, 3.8) is 0 Å². The maximum atomic E-state index is 11.8. The van der Waals surface area contributed by atoms with Crippen LogP contribution in [0.25, 0.3) is 0 Å². The number of nitrogens with two attached hydrogens (primary N) is 1. The number of nitrogens with one attached hydrogen (secondary N) is 2. The molecule has 7 nitrogen and oxygen atoms in total. The summed E-state index contributed by atoms with van der Waals surface area (Å²) in [5.41, 5.74) is 7.53. The lowest BCUT2D eigenvalue weighted by Gasteiger charge is -2.14. The Morgan fingerprint density at radius 1 is 1.25 bits per heavy atom. The topological polar surface area (TPSA) is 102 Å². The van der Waals surface area contributed by atoms with E-state index in [1.165, 1.54) is 13.4 Å². The average Bonchev–Trinajstić information content (AvgIpc) is 2.57. The van der Waals surface area contributed by atoms with Crippen molar-refractivity contribution in [2.24, 2.45) is 5.92 Å². The first-order chi connectivity index (χ1) is 11.5. The lowest BCUT2D eigenvalue weighted by Crippen LogP contribution is -2.11. The van der Waals surface area contributed by atoms with Crippen LogP contribution in [0, 0.1) is 5.92 Å². The van der Waals surface area contributed by atoms with Gasteiger partial charge in [-0.15, -0.1) is 0 Å². The van der Waals surface area contributed by atoms with Gasteiger partial charge in [0.1, 0.15) is 12.0 Å². The summed E-state index contributed by atoms with van der Waals surface area (Å²) in [5.74, 6) is 1.17. The first kappa shape index (κ1) is 17.5. The monoisotopic (exact) mass is 329 g/mol. The van der Waals surface area contributed by atoms with Crippen molar-refractivity contribution in [1.29, 1.82) is 0 Å². The number of hydrogen-bond donors (Lipinski definition) is 3. The van der Waals surface area contributed by atoms with E-state index in [9.17, 15) is 4.79 Å². The fourth-order valence-electron chi connectivity index (χ4n) is 2.12. The Morgan fingerprint density at radius 2 is 1.96 bits per heavy atom. The van der Waals surface area contributed by atoms with Gasteiger partial charge in [0.25, 0.3) is 0 Å². The van der Waals surface area contributed by atoms with Crippen LogP contribution in [-0.2, 0) is 4.74 Å². The molecule has 0 radical (unpaired) electrons. The third-order valence-electron chi connectivity index (χ3n) is 3.48. The Balaban J connectivity index is 2.20. The van der Waals surface area contributed by atoms with Gasteiger partial charge < -0.3 is 21.1 Å². The van der Waals surface area contributed by atoms with Crippen molar-refractivity contribution in [3.05, 3.63) is 36.2 Å². The van der Waals surface area contributed by atoms with Crippen LogP contribution in [0.5, 0.6) is 0 Å². The molecule has 0 saturated carbocycles. The SMILES string of the molecule is COC(=O)c1ccccc1Nc1ncnc(NCCC(C)C)c1N. The van der Waals surface area contributed by atoms with Gasteiger partial charge >= 0.3 is 5.97 Å². The van der Waals surface area contributed by atoms with Gasteiger partial charge in [-0.2, -0.15) is 0 Å². The van der Waals surface area contributed by atoms with Gasteiger partial charge in [-0.05, 0) is 24.5 Å². The Morgan fingerprint density at radius 3 is 2.67 bits per heavy atom. The Labute approximate surface area is 141 Å². The molecule has 7 heteroatoms. The van der Waals surface area contributed by atoms with Crippen molar-refractivity contribution in [2.75, 3.05) is 30.0 Å². The summed E-state index contributed by atoms with van der Waals surface area (Å²) in [6.45, 7) is 5.08. The number of benzene rings is 1. The van der Waals surface area contributed by atoms with Crippen LogP contribution in [-0.4, -0.2) is 29.6 Å². The molecule has 4 N–H and O–H groups in total. The molecular weight excluding hydrogens is 306 g/mol. The molecule has 0 fully saturated rings. The zero-order valence-corrected chi connectivity index (χ0v) is 14.2. The van der Waals surface area contributed by atoms with E-state index >= 15 is 0 Å². The molecule has 0 spiro atoms. The van der Waals surface area contributed by atoms with Gasteiger partial charge in [0, 0.05) is 6.54 Å². The van der Waals surface area contributed by atoms with Crippen molar-refractivity contribution < 1.29 is 9.53 Å². The standard InChI is InChI=1S/C17H23N5O2/c1-11(2)8-9-19-15-14(18)16(21-10-20-15)22-13-7-5-4-6-12(13)17(23)24-3/h4-7,10-11H,8-9,18H2,1-3H3,(H2,19,20,21,22). The predicted octanol–water partition coefficient (Wildman–Crippen LogP) is 3.05. The minimum Gasteiger partial charge on any atom is -0.465 e. The number of hydrogen-bond acceptors (Lipinski definition) is 7. The highest BCUT2D eigenvalue weighted by Crippen LogP contribution is 2.27. The molecule has 1 aromatic heterocycles. The molecule has 0 saturated heterocycles. The third kappa shape index (κ3) is 4.34. The number of anilines is 4. The largest absolute Gasteiger partial charge is 0.465 e. The quantitative estimate of drug-likeness (QED) is 0.671. The lowest BCUT2D eigenvalue weighted by atomic mass is 10.1. The molecule has 1 aromatic carbocycles.